The quantitative estimate of drug-likeness (QED) is 0.661. The highest BCUT2D eigenvalue weighted by atomic mass is 16.9. The zero-order chi connectivity index (χ0) is 12.5. The summed E-state index contributed by atoms with van der Waals surface area (Å²) < 4.78 is 5.04. The molecule has 3 aliphatic rings. The summed E-state index contributed by atoms with van der Waals surface area (Å²) >= 11 is 0. The molecule has 1 heterocycles. The van der Waals surface area contributed by atoms with E-state index in [1.807, 2.05) is 6.92 Å². The Morgan fingerprint density at radius 2 is 2.18 bits per heavy atom. The maximum Gasteiger partial charge on any atom is 0.436 e. The average molecular weight is 239 g/mol. The van der Waals surface area contributed by atoms with E-state index in [0.717, 1.165) is 12.8 Å². The van der Waals surface area contributed by atoms with Crippen LogP contribution in [-0.4, -0.2) is 23.5 Å². The van der Waals surface area contributed by atoms with Crippen LogP contribution in [0.15, 0.2) is 0 Å². The van der Waals surface area contributed by atoms with E-state index < -0.39 is 0 Å². The van der Waals surface area contributed by atoms with Crippen LogP contribution in [0.25, 0.3) is 0 Å². The van der Waals surface area contributed by atoms with Gasteiger partial charge in [-0.25, -0.2) is 9.63 Å². The molecule has 4 nitrogen and oxygen atoms in total. The van der Waals surface area contributed by atoms with E-state index in [9.17, 15) is 4.79 Å². The first-order valence-corrected chi connectivity index (χ1v) is 6.55. The van der Waals surface area contributed by atoms with Crippen LogP contribution < -0.4 is 0 Å². The molecule has 3 atom stereocenters. The van der Waals surface area contributed by atoms with Gasteiger partial charge in [0, 0.05) is 11.8 Å². The smallest absolute Gasteiger partial charge is 0.436 e. The molecule has 1 spiro atoms. The van der Waals surface area contributed by atoms with Crippen molar-refractivity contribution in [3.8, 4) is 0 Å². The number of nitrogens with zero attached hydrogens (tertiary/aromatic N) is 1. The Morgan fingerprint density at radius 3 is 2.65 bits per heavy atom. The summed E-state index contributed by atoms with van der Waals surface area (Å²) in [6.07, 6.45) is 3.04. The van der Waals surface area contributed by atoms with Gasteiger partial charge in [-0.15, -0.1) is 5.06 Å². The fourth-order valence-corrected chi connectivity index (χ4v) is 4.15. The summed E-state index contributed by atoms with van der Waals surface area (Å²) in [5.74, 6) is 0.659. The number of rotatable bonds is 1. The number of hydrogen-bond acceptors (Lipinski definition) is 3. The molecule has 0 aromatic heterocycles. The van der Waals surface area contributed by atoms with Crippen LogP contribution in [0.3, 0.4) is 0 Å². The second-order valence-corrected chi connectivity index (χ2v) is 6.36. The van der Waals surface area contributed by atoms with Crippen LogP contribution in [0.4, 0.5) is 4.79 Å². The number of amides is 1. The third-order valence-electron chi connectivity index (χ3n) is 5.79. The van der Waals surface area contributed by atoms with Gasteiger partial charge in [0.15, 0.2) is 0 Å². The first-order valence-electron chi connectivity index (χ1n) is 6.55. The maximum atomic E-state index is 11.8. The lowest BCUT2D eigenvalue weighted by Gasteiger charge is -2.36. The summed E-state index contributed by atoms with van der Waals surface area (Å²) in [4.78, 5) is 17.5. The van der Waals surface area contributed by atoms with Gasteiger partial charge in [0.2, 0.25) is 5.72 Å². The molecule has 0 aromatic rings. The van der Waals surface area contributed by atoms with E-state index >= 15 is 0 Å². The number of carbonyl (C=O) groups excluding carboxylic acids is 1. The normalized spacial score (nSPS) is 45.4. The molecular weight excluding hydrogens is 218 g/mol. The molecule has 0 aromatic carbocycles. The fraction of sp³-hybridized carbons (Fsp3) is 0.923. The Bertz CT molecular complexity index is 381. The van der Waals surface area contributed by atoms with Gasteiger partial charge >= 0.3 is 6.09 Å². The highest BCUT2D eigenvalue weighted by Gasteiger charge is 2.81. The highest BCUT2D eigenvalue weighted by molar-refractivity contribution is 5.69. The van der Waals surface area contributed by atoms with E-state index in [-0.39, 0.29) is 22.6 Å². The summed E-state index contributed by atoms with van der Waals surface area (Å²) in [6.45, 7) is 9.10. The molecule has 1 aliphatic heterocycles. The molecule has 3 rings (SSSR count). The van der Waals surface area contributed by atoms with Crippen molar-refractivity contribution >= 4 is 6.09 Å². The van der Waals surface area contributed by atoms with E-state index in [2.05, 4.69) is 20.8 Å². The number of carbonyl (C=O) groups is 1. The van der Waals surface area contributed by atoms with Crippen molar-refractivity contribution < 1.29 is 14.4 Å². The Morgan fingerprint density at radius 1 is 1.47 bits per heavy atom. The zero-order valence-electron chi connectivity index (χ0n) is 11.1. The van der Waals surface area contributed by atoms with Crippen molar-refractivity contribution in [1.29, 1.82) is 0 Å². The molecule has 0 unspecified atom stereocenters. The molecule has 0 N–H and O–H groups in total. The molecule has 17 heavy (non-hydrogen) atoms. The van der Waals surface area contributed by atoms with Crippen LogP contribution in [0, 0.1) is 16.7 Å². The Hall–Kier alpha value is -0.770. The Balaban J connectivity index is 1.87. The van der Waals surface area contributed by atoms with E-state index in [1.165, 1.54) is 11.5 Å². The topological polar surface area (TPSA) is 41.8 Å². The Labute approximate surface area is 102 Å². The third-order valence-corrected chi connectivity index (χ3v) is 5.79. The van der Waals surface area contributed by atoms with Crippen molar-refractivity contribution in [2.45, 2.75) is 52.7 Å². The molecule has 2 saturated carbocycles. The van der Waals surface area contributed by atoms with Gasteiger partial charge in [0.05, 0.1) is 6.61 Å². The molecule has 2 bridgehead atoms. The molecule has 4 heteroatoms. The molecule has 1 saturated heterocycles. The van der Waals surface area contributed by atoms with E-state index in [4.69, 9.17) is 9.57 Å². The number of ether oxygens (including phenoxy) is 1. The van der Waals surface area contributed by atoms with Crippen LogP contribution in [0.1, 0.15) is 47.0 Å². The highest BCUT2D eigenvalue weighted by Crippen LogP contribution is 2.75. The molecule has 0 radical (unpaired) electrons. The summed E-state index contributed by atoms with van der Waals surface area (Å²) in [5.41, 5.74) is -0.0582. The SMILES string of the molecule is CCOC(=O)N1O[C@]12C[C@H]1CC[C@]2(C)C1(C)C. The largest absolute Gasteiger partial charge is 0.448 e. The van der Waals surface area contributed by atoms with Gasteiger partial charge in [0.1, 0.15) is 0 Å². The number of fused-ring (bicyclic) bond motifs is 3. The molecule has 3 fully saturated rings. The van der Waals surface area contributed by atoms with Gasteiger partial charge in [-0.05, 0) is 31.1 Å². The zero-order valence-corrected chi connectivity index (χ0v) is 11.1. The lowest BCUT2D eigenvalue weighted by molar-refractivity contribution is 0.0700. The van der Waals surface area contributed by atoms with Gasteiger partial charge in [0.25, 0.3) is 0 Å². The first kappa shape index (κ1) is 11.3. The molecule has 2 aliphatic carbocycles. The van der Waals surface area contributed by atoms with E-state index in [0.29, 0.717) is 12.5 Å². The minimum atomic E-state index is -0.369. The lowest BCUT2D eigenvalue weighted by atomic mass is 9.68. The third kappa shape index (κ3) is 1.06. The van der Waals surface area contributed by atoms with Gasteiger partial charge in [-0.3, -0.25) is 0 Å². The van der Waals surface area contributed by atoms with Crippen molar-refractivity contribution in [3.63, 3.8) is 0 Å². The van der Waals surface area contributed by atoms with Crippen molar-refractivity contribution in [1.82, 2.24) is 5.06 Å². The summed E-state index contributed by atoms with van der Waals surface area (Å²) in [7, 11) is 0. The van der Waals surface area contributed by atoms with E-state index in [1.54, 1.807) is 0 Å². The second kappa shape index (κ2) is 2.97. The minimum absolute atomic E-state index is 0.0669. The van der Waals surface area contributed by atoms with Crippen molar-refractivity contribution in [2.75, 3.05) is 6.61 Å². The Kier molecular flexibility index (Phi) is 1.98. The van der Waals surface area contributed by atoms with Crippen LogP contribution in [0.5, 0.6) is 0 Å². The average Bonchev–Trinajstić information content (AvgIpc) is 2.89. The molecule has 1 amide bonds. The molecular formula is C13H21NO3. The predicted molar refractivity (Wildman–Crippen MR) is 61.9 cm³/mol. The van der Waals surface area contributed by atoms with Gasteiger partial charge in [-0.2, -0.15) is 0 Å². The van der Waals surface area contributed by atoms with Crippen molar-refractivity contribution in [2.24, 2.45) is 16.7 Å². The standard InChI is InChI=1S/C13H21NO3/c1-5-16-10(15)14-13(17-14)8-9-6-7-12(13,4)11(9,2)3/h9H,5-8H2,1-4H3/t9-,12-,13+,14?/m1/s1. The maximum absolute atomic E-state index is 11.8. The lowest BCUT2D eigenvalue weighted by Crippen LogP contribution is -2.42. The van der Waals surface area contributed by atoms with Crippen molar-refractivity contribution in [3.05, 3.63) is 0 Å². The first-order chi connectivity index (χ1) is 7.89. The van der Waals surface area contributed by atoms with Gasteiger partial charge < -0.3 is 4.74 Å². The summed E-state index contributed by atoms with van der Waals surface area (Å²) in [6, 6.07) is 0. The van der Waals surface area contributed by atoms with Crippen LogP contribution in [0.2, 0.25) is 0 Å². The fourth-order valence-electron chi connectivity index (χ4n) is 4.15. The van der Waals surface area contributed by atoms with Crippen LogP contribution >= 0.6 is 0 Å². The molecule has 96 valence electrons. The minimum Gasteiger partial charge on any atom is -0.448 e. The monoisotopic (exact) mass is 239 g/mol. The number of hydroxylamine groups is 2. The van der Waals surface area contributed by atoms with Gasteiger partial charge in [-0.1, -0.05) is 20.8 Å². The summed E-state index contributed by atoms with van der Waals surface area (Å²) in [5, 5.41) is 1.48. The predicted octanol–water partition coefficient (Wildman–Crippen LogP) is 2.93. The number of hydrogen-bond donors (Lipinski definition) is 0. The second-order valence-electron chi connectivity index (χ2n) is 6.36. The van der Waals surface area contributed by atoms with Crippen LogP contribution in [-0.2, 0) is 9.57 Å².